The van der Waals surface area contributed by atoms with E-state index < -0.39 is 0 Å². The van der Waals surface area contributed by atoms with Crippen LogP contribution >= 0.6 is 15.9 Å². The molecule has 0 radical (unpaired) electrons. The number of hydrogen-bond donors (Lipinski definition) is 0. The van der Waals surface area contributed by atoms with Crippen LogP contribution in [-0.2, 0) is 11.2 Å². The molecule has 15 heavy (non-hydrogen) atoms. The Bertz CT molecular complexity index is 306. The SMILES string of the molecule is CC(=O)Cc1ccc(OCCCBr)cc1. The number of benzene rings is 1. The smallest absolute Gasteiger partial charge is 0.134 e. The van der Waals surface area contributed by atoms with Crippen LogP contribution < -0.4 is 4.74 Å². The van der Waals surface area contributed by atoms with Crippen molar-refractivity contribution in [3.05, 3.63) is 29.8 Å². The van der Waals surface area contributed by atoms with Gasteiger partial charge in [0, 0.05) is 11.8 Å². The molecule has 0 unspecified atom stereocenters. The molecule has 82 valence electrons. The Labute approximate surface area is 98.8 Å². The minimum atomic E-state index is 0.183. The normalized spacial score (nSPS) is 10.0. The fraction of sp³-hybridized carbons (Fsp3) is 0.417. The minimum Gasteiger partial charge on any atom is -0.494 e. The molecule has 1 aromatic carbocycles. The molecule has 0 aliphatic heterocycles. The van der Waals surface area contributed by atoms with Crippen molar-refractivity contribution in [3.63, 3.8) is 0 Å². The van der Waals surface area contributed by atoms with Crippen LogP contribution in [0.3, 0.4) is 0 Å². The topological polar surface area (TPSA) is 26.3 Å². The van der Waals surface area contributed by atoms with Crippen molar-refractivity contribution in [2.75, 3.05) is 11.9 Å². The lowest BCUT2D eigenvalue weighted by Gasteiger charge is -2.05. The number of halogens is 1. The van der Waals surface area contributed by atoms with E-state index in [4.69, 9.17) is 4.74 Å². The Hall–Kier alpha value is -0.830. The van der Waals surface area contributed by atoms with Gasteiger partial charge in [0.2, 0.25) is 0 Å². The standard InChI is InChI=1S/C12H15BrO2/c1-10(14)9-11-3-5-12(6-4-11)15-8-2-7-13/h3-6H,2,7-9H2,1H3. The van der Waals surface area contributed by atoms with Gasteiger partial charge in [-0.15, -0.1) is 0 Å². The molecular formula is C12H15BrO2. The third-order valence-electron chi connectivity index (χ3n) is 1.92. The highest BCUT2D eigenvalue weighted by atomic mass is 79.9. The summed E-state index contributed by atoms with van der Waals surface area (Å²) in [5.74, 6) is 1.05. The molecule has 0 heterocycles. The summed E-state index contributed by atoms with van der Waals surface area (Å²) in [6.45, 7) is 2.32. The van der Waals surface area contributed by atoms with Crippen molar-refractivity contribution < 1.29 is 9.53 Å². The monoisotopic (exact) mass is 270 g/mol. The van der Waals surface area contributed by atoms with Crippen LogP contribution in [0.15, 0.2) is 24.3 Å². The fourth-order valence-electron chi connectivity index (χ4n) is 1.24. The number of hydrogen-bond acceptors (Lipinski definition) is 2. The zero-order valence-corrected chi connectivity index (χ0v) is 10.4. The van der Waals surface area contributed by atoms with Crippen LogP contribution in [0.1, 0.15) is 18.9 Å². The summed E-state index contributed by atoms with van der Waals surface area (Å²) in [5.41, 5.74) is 1.04. The van der Waals surface area contributed by atoms with E-state index in [2.05, 4.69) is 15.9 Å². The van der Waals surface area contributed by atoms with E-state index in [1.54, 1.807) is 6.92 Å². The Morgan fingerprint density at radius 1 is 1.33 bits per heavy atom. The number of carbonyl (C=O) groups excluding carboxylic acids is 1. The predicted octanol–water partition coefficient (Wildman–Crippen LogP) is 2.98. The molecule has 0 aliphatic carbocycles. The molecule has 0 atom stereocenters. The lowest BCUT2D eigenvalue weighted by Crippen LogP contribution is -1.99. The van der Waals surface area contributed by atoms with Gasteiger partial charge in [0.1, 0.15) is 11.5 Å². The highest BCUT2D eigenvalue weighted by Crippen LogP contribution is 2.13. The molecule has 0 saturated heterocycles. The van der Waals surface area contributed by atoms with Gasteiger partial charge in [0.25, 0.3) is 0 Å². The highest BCUT2D eigenvalue weighted by molar-refractivity contribution is 9.09. The Balaban J connectivity index is 2.45. The second kappa shape index (κ2) is 6.62. The number of Topliss-reactive ketones (excluding diaryl/α,β-unsaturated/α-hetero) is 1. The van der Waals surface area contributed by atoms with Gasteiger partial charge in [-0.2, -0.15) is 0 Å². The number of carbonyl (C=O) groups is 1. The maximum atomic E-state index is 10.9. The summed E-state index contributed by atoms with van der Waals surface area (Å²) in [5, 5.41) is 0.954. The van der Waals surface area contributed by atoms with E-state index in [0.29, 0.717) is 6.42 Å². The molecule has 0 aliphatic rings. The molecule has 0 spiro atoms. The summed E-state index contributed by atoms with van der Waals surface area (Å²) in [4.78, 5) is 10.9. The molecule has 3 heteroatoms. The minimum absolute atomic E-state index is 0.183. The van der Waals surface area contributed by atoms with E-state index in [0.717, 1.165) is 29.7 Å². The van der Waals surface area contributed by atoms with E-state index in [9.17, 15) is 4.79 Å². The van der Waals surface area contributed by atoms with Gasteiger partial charge in [0.15, 0.2) is 0 Å². The van der Waals surface area contributed by atoms with Gasteiger partial charge in [-0.25, -0.2) is 0 Å². The number of alkyl halides is 1. The maximum absolute atomic E-state index is 10.9. The summed E-state index contributed by atoms with van der Waals surface area (Å²) in [7, 11) is 0. The molecule has 1 aromatic rings. The zero-order chi connectivity index (χ0) is 11.1. The molecular weight excluding hydrogens is 256 g/mol. The van der Waals surface area contributed by atoms with Crippen LogP contribution in [0.2, 0.25) is 0 Å². The van der Waals surface area contributed by atoms with Crippen molar-refractivity contribution in [2.45, 2.75) is 19.8 Å². The number of ketones is 1. The first-order chi connectivity index (χ1) is 7.22. The van der Waals surface area contributed by atoms with E-state index in [1.807, 2.05) is 24.3 Å². The average molecular weight is 271 g/mol. The number of ether oxygens (including phenoxy) is 1. The van der Waals surface area contributed by atoms with Crippen LogP contribution in [0.4, 0.5) is 0 Å². The van der Waals surface area contributed by atoms with Crippen molar-refractivity contribution in [1.82, 2.24) is 0 Å². The Kier molecular flexibility index (Phi) is 5.40. The molecule has 0 bridgehead atoms. The lowest BCUT2D eigenvalue weighted by molar-refractivity contribution is -0.116. The summed E-state index contributed by atoms with van der Waals surface area (Å²) in [6.07, 6.45) is 1.50. The summed E-state index contributed by atoms with van der Waals surface area (Å²) in [6, 6.07) is 7.69. The van der Waals surface area contributed by atoms with Crippen molar-refractivity contribution in [3.8, 4) is 5.75 Å². The largest absolute Gasteiger partial charge is 0.494 e. The van der Waals surface area contributed by atoms with Gasteiger partial charge < -0.3 is 4.74 Å². The second-order valence-corrected chi connectivity index (χ2v) is 4.21. The van der Waals surface area contributed by atoms with Gasteiger partial charge in [-0.05, 0) is 31.0 Å². The quantitative estimate of drug-likeness (QED) is 0.587. The van der Waals surface area contributed by atoms with Crippen LogP contribution in [0.5, 0.6) is 5.75 Å². The van der Waals surface area contributed by atoms with Gasteiger partial charge in [-0.3, -0.25) is 4.79 Å². The first-order valence-corrected chi connectivity index (χ1v) is 6.11. The van der Waals surface area contributed by atoms with Gasteiger partial charge >= 0.3 is 0 Å². The highest BCUT2D eigenvalue weighted by Gasteiger charge is 1.98. The van der Waals surface area contributed by atoms with Crippen molar-refractivity contribution >= 4 is 21.7 Å². The maximum Gasteiger partial charge on any atom is 0.134 e. The predicted molar refractivity (Wildman–Crippen MR) is 64.7 cm³/mol. The van der Waals surface area contributed by atoms with Crippen LogP contribution in [-0.4, -0.2) is 17.7 Å². The first-order valence-electron chi connectivity index (χ1n) is 4.99. The lowest BCUT2D eigenvalue weighted by atomic mass is 10.1. The first kappa shape index (κ1) is 12.2. The molecule has 0 N–H and O–H groups in total. The van der Waals surface area contributed by atoms with Crippen LogP contribution in [0.25, 0.3) is 0 Å². The van der Waals surface area contributed by atoms with Gasteiger partial charge in [0.05, 0.1) is 6.61 Å². The third kappa shape index (κ3) is 4.98. The molecule has 0 saturated carbocycles. The number of rotatable bonds is 6. The van der Waals surface area contributed by atoms with Gasteiger partial charge in [-0.1, -0.05) is 28.1 Å². The fourth-order valence-corrected chi connectivity index (χ4v) is 1.46. The molecule has 2 nitrogen and oxygen atoms in total. The Morgan fingerprint density at radius 3 is 2.53 bits per heavy atom. The third-order valence-corrected chi connectivity index (χ3v) is 2.48. The average Bonchev–Trinajstić information content (AvgIpc) is 2.20. The Morgan fingerprint density at radius 2 is 2.00 bits per heavy atom. The summed E-state index contributed by atoms with van der Waals surface area (Å²) < 4.78 is 5.49. The second-order valence-electron chi connectivity index (χ2n) is 3.41. The molecule has 0 aromatic heterocycles. The zero-order valence-electron chi connectivity index (χ0n) is 8.83. The molecule has 0 fully saturated rings. The van der Waals surface area contributed by atoms with E-state index >= 15 is 0 Å². The van der Waals surface area contributed by atoms with Crippen molar-refractivity contribution in [2.24, 2.45) is 0 Å². The van der Waals surface area contributed by atoms with Crippen molar-refractivity contribution in [1.29, 1.82) is 0 Å². The summed E-state index contributed by atoms with van der Waals surface area (Å²) >= 11 is 3.34. The molecule has 1 rings (SSSR count). The molecule has 0 amide bonds. The van der Waals surface area contributed by atoms with E-state index in [-0.39, 0.29) is 5.78 Å². The van der Waals surface area contributed by atoms with E-state index in [1.165, 1.54) is 0 Å². The van der Waals surface area contributed by atoms with Crippen LogP contribution in [0, 0.1) is 0 Å².